The Hall–Kier alpha value is -0.910. The lowest BCUT2D eigenvalue weighted by Crippen LogP contribution is -2.19. The molecule has 4 nitrogen and oxygen atoms in total. The zero-order chi connectivity index (χ0) is 9.14. The fraction of sp³-hybridized carbons (Fsp3) is 0.286. The SMILES string of the molecule is NC[C@@H](N)c1csc(C(=O)O)c1. The van der Waals surface area contributed by atoms with Crippen LogP contribution in [-0.2, 0) is 0 Å². The maximum absolute atomic E-state index is 10.5. The Bertz CT molecular complexity index is 285. The Morgan fingerprint density at radius 3 is 2.83 bits per heavy atom. The molecule has 0 saturated carbocycles. The van der Waals surface area contributed by atoms with Crippen molar-refractivity contribution in [1.82, 2.24) is 0 Å². The van der Waals surface area contributed by atoms with E-state index in [4.69, 9.17) is 16.6 Å². The van der Waals surface area contributed by atoms with Gasteiger partial charge in [-0.05, 0) is 17.0 Å². The van der Waals surface area contributed by atoms with Crippen LogP contribution in [0.1, 0.15) is 21.3 Å². The minimum atomic E-state index is -0.921. The number of thiophene rings is 1. The highest BCUT2D eigenvalue weighted by molar-refractivity contribution is 7.12. The Morgan fingerprint density at radius 2 is 2.42 bits per heavy atom. The zero-order valence-corrected chi connectivity index (χ0v) is 7.17. The summed E-state index contributed by atoms with van der Waals surface area (Å²) in [6.45, 7) is 0.329. The third-order valence-corrected chi connectivity index (χ3v) is 2.45. The second-order valence-electron chi connectivity index (χ2n) is 2.39. The second-order valence-corrected chi connectivity index (χ2v) is 3.30. The van der Waals surface area contributed by atoms with Crippen LogP contribution in [0.3, 0.4) is 0 Å². The number of hydrogen-bond acceptors (Lipinski definition) is 4. The molecule has 1 aromatic heterocycles. The smallest absolute Gasteiger partial charge is 0.345 e. The molecule has 0 spiro atoms. The van der Waals surface area contributed by atoms with Gasteiger partial charge >= 0.3 is 5.97 Å². The standard InChI is InChI=1S/C7H10N2O2S/c8-2-5(9)4-1-6(7(10)11)12-3-4/h1,3,5H,2,8-9H2,(H,10,11)/t5-/m1/s1. The molecule has 1 aromatic rings. The first-order valence-corrected chi connectivity index (χ1v) is 4.30. The van der Waals surface area contributed by atoms with Crippen LogP contribution >= 0.6 is 11.3 Å². The second kappa shape index (κ2) is 3.66. The Balaban J connectivity index is 2.84. The number of hydrogen-bond donors (Lipinski definition) is 3. The molecular formula is C7H10N2O2S. The van der Waals surface area contributed by atoms with E-state index < -0.39 is 5.97 Å². The van der Waals surface area contributed by atoms with Crippen LogP contribution in [-0.4, -0.2) is 17.6 Å². The molecule has 12 heavy (non-hydrogen) atoms. The monoisotopic (exact) mass is 186 g/mol. The highest BCUT2D eigenvalue weighted by Crippen LogP contribution is 2.18. The molecule has 0 radical (unpaired) electrons. The van der Waals surface area contributed by atoms with E-state index in [0.717, 1.165) is 5.56 Å². The lowest BCUT2D eigenvalue weighted by atomic mass is 10.1. The summed E-state index contributed by atoms with van der Waals surface area (Å²) in [4.78, 5) is 10.8. The summed E-state index contributed by atoms with van der Waals surface area (Å²) in [7, 11) is 0. The van der Waals surface area contributed by atoms with Crippen molar-refractivity contribution in [3.05, 3.63) is 21.9 Å². The molecule has 1 atom stereocenters. The van der Waals surface area contributed by atoms with E-state index in [1.165, 1.54) is 11.3 Å². The lowest BCUT2D eigenvalue weighted by Gasteiger charge is -2.03. The van der Waals surface area contributed by atoms with E-state index in [1.807, 2.05) is 0 Å². The van der Waals surface area contributed by atoms with Crippen molar-refractivity contribution in [3.63, 3.8) is 0 Å². The van der Waals surface area contributed by atoms with E-state index >= 15 is 0 Å². The lowest BCUT2D eigenvalue weighted by molar-refractivity contribution is 0.0702. The highest BCUT2D eigenvalue weighted by Gasteiger charge is 2.10. The summed E-state index contributed by atoms with van der Waals surface area (Å²) >= 11 is 1.17. The molecule has 1 rings (SSSR count). The molecule has 5 heteroatoms. The van der Waals surface area contributed by atoms with Crippen LogP contribution in [0.5, 0.6) is 0 Å². The largest absolute Gasteiger partial charge is 0.477 e. The quantitative estimate of drug-likeness (QED) is 0.637. The van der Waals surface area contributed by atoms with E-state index in [0.29, 0.717) is 11.4 Å². The van der Waals surface area contributed by atoms with Crippen LogP contribution in [0.25, 0.3) is 0 Å². The third kappa shape index (κ3) is 1.82. The first-order valence-electron chi connectivity index (χ1n) is 3.42. The molecule has 0 saturated heterocycles. The number of rotatable bonds is 3. The maximum Gasteiger partial charge on any atom is 0.345 e. The Labute approximate surface area is 73.8 Å². The molecule has 0 aromatic carbocycles. The minimum Gasteiger partial charge on any atom is -0.477 e. The highest BCUT2D eigenvalue weighted by atomic mass is 32.1. The fourth-order valence-corrected chi connectivity index (χ4v) is 1.60. The summed E-state index contributed by atoms with van der Waals surface area (Å²) in [6, 6.07) is 1.30. The van der Waals surface area contributed by atoms with E-state index in [1.54, 1.807) is 11.4 Å². The summed E-state index contributed by atoms with van der Waals surface area (Å²) in [5, 5.41) is 10.3. The first-order chi connectivity index (χ1) is 5.65. The number of carboxylic acid groups (broad SMARTS) is 1. The van der Waals surface area contributed by atoms with Gasteiger partial charge < -0.3 is 16.6 Å². The van der Waals surface area contributed by atoms with Crippen LogP contribution in [0.4, 0.5) is 0 Å². The van der Waals surface area contributed by atoms with Gasteiger partial charge in [-0.3, -0.25) is 0 Å². The molecule has 0 unspecified atom stereocenters. The van der Waals surface area contributed by atoms with Gasteiger partial charge in [-0.1, -0.05) is 0 Å². The number of carbonyl (C=O) groups is 1. The molecule has 0 aliphatic heterocycles. The summed E-state index contributed by atoms with van der Waals surface area (Å²) in [5.41, 5.74) is 11.7. The van der Waals surface area contributed by atoms with Crippen molar-refractivity contribution in [2.24, 2.45) is 11.5 Å². The average Bonchev–Trinajstić information content (AvgIpc) is 2.51. The molecule has 1 heterocycles. The van der Waals surface area contributed by atoms with Crippen molar-refractivity contribution < 1.29 is 9.90 Å². The molecule has 0 bridgehead atoms. The van der Waals surface area contributed by atoms with Gasteiger partial charge in [-0.15, -0.1) is 11.3 Å². The normalized spacial score (nSPS) is 12.8. The van der Waals surface area contributed by atoms with Gasteiger partial charge in [0.25, 0.3) is 0 Å². The number of carboxylic acids is 1. The Kier molecular flexibility index (Phi) is 2.80. The van der Waals surface area contributed by atoms with Crippen molar-refractivity contribution in [2.45, 2.75) is 6.04 Å². The zero-order valence-electron chi connectivity index (χ0n) is 6.36. The number of aromatic carboxylic acids is 1. The molecule has 0 amide bonds. The third-order valence-electron chi connectivity index (χ3n) is 1.51. The molecule has 0 aliphatic rings. The van der Waals surface area contributed by atoms with Gasteiger partial charge in [-0.25, -0.2) is 4.79 Å². The predicted molar refractivity (Wildman–Crippen MR) is 47.3 cm³/mol. The van der Waals surface area contributed by atoms with Crippen LogP contribution in [0, 0.1) is 0 Å². The van der Waals surface area contributed by atoms with Gasteiger partial charge in [0.15, 0.2) is 0 Å². The van der Waals surface area contributed by atoms with Gasteiger partial charge in [0.1, 0.15) is 4.88 Å². The first kappa shape index (κ1) is 9.18. The summed E-state index contributed by atoms with van der Waals surface area (Å²) < 4.78 is 0. The topological polar surface area (TPSA) is 89.3 Å². The maximum atomic E-state index is 10.5. The summed E-state index contributed by atoms with van der Waals surface area (Å²) in [5.74, 6) is -0.921. The van der Waals surface area contributed by atoms with Crippen molar-refractivity contribution in [2.75, 3.05) is 6.54 Å². The molecule has 5 N–H and O–H groups in total. The van der Waals surface area contributed by atoms with Crippen LogP contribution < -0.4 is 11.5 Å². The van der Waals surface area contributed by atoms with E-state index in [2.05, 4.69) is 0 Å². The van der Waals surface area contributed by atoms with Gasteiger partial charge in [-0.2, -0.15) is 0 Å². The number of nitrogens with two attached hydrogens (primary N) is 2. The minimum absolute atomic E-state index is 0.255. The van der Waals surface area contributed by atoms with E-state index in [9.17, 15) is 4.79 Å². The van der Waals surface area contributed by atoms with Gasteiger partial charge in [0, 0.05) is 12.6 Å². The van der Waals surface area contributed by atoms with Crippen molar-refractivity contribution in [3.8, 4) is 0 Å². The van der Waals surface area contributed by atoms with Gasteiger partial charge in [0.05, 0.1) is 0 Å². The van der Waals surface area contributed by atoms with E-state index in [-0.39, 0.29) is 6.04 Å². The summed E-state index contributed by atoms with van der Waals surface area (Å²) in [6.07, 6.45) is 0. The van der Waals surface area contributed by atoms with Crippen LogP contribution in [0.2, 0.25) is 0 Å². The molecule has 0 aliphatic carbocycles. The fourth-order valence-electron chi connectivity index (χ4n) is 0.794. The van der Waals surface area contributed by atoms with Crippen LogP contribution in [0.15, 0.2) is 11.4 Å². The van der Waals surface area contributed by atoms with Crippen molar-refractivity contribution >= 4 is 17.3 Å². The average molecular weight is 186 g/mol. The van der Waals surface area contributed by atoms with Gasteiger partial charge in [0.2, 0.25) is 0 Å². The molecule has 0 fully saturated rings. The van der Waals surface area contributed by atoms with Crippen molar-refractivity contribution in [1.29, 1.82) is 0 Å². The predicted octanol–water partition coefficient (Wildman–Crippen LogP) is 0.405. The molecular weight excluding hydrogens is 176 g/mol. The molecule has 66 valence electrons. The Morgan fingerprint density at radius 1 is 1.75 bits per heavy atom.